The summed E-state index contributed by atoms with van der Waals surface area (Å²) in [4.78, 5) is 15.0. The van der Waals surface area contributed by atoms with Crippen LogP contribution in [-0.2, 0) is 11.3 Å². The molecule has 0 aliphatic rings. The van der Waals surface area contributed by atoms with Gasteiger partial charge in [0.15, 0.2) is 0 Å². The molecular formula is C14H16N2O4. The number of aliphatic carboxylic acids is 1. The summed E-state index contributed by atoms with van der Waals surface area (Å²) in [5.74, 6) is 1.04. The van der Waals surface area contributed by atoms with Crippen molar-refractivity contribution in [1.29, 1.82) is 0 Å². The molecule has 0 radical (unpaired) electrons. The van der Waals surface area contributed by atoms with Crippen molar-refractivity contribution in [2.75, 3.05) is 14.2 Å². The molecule has 0 saturated heterocycles. The van der Waals surface area contributed by atoms with Gasteiger partial charge in [-0.25, -0.2) is 4.98 Å². The molecule has 0 saturated carbocycles. The summed E-state index contributed by atoms with van der Waals surface area (Å²) < 4.78 is 12.5. The second-order valence-corrected chi connectivity index (χ2v) is 4.13. The zero-order chi connectivity index (χ0) is 14.5. The van der Waals surface area contributed by atoms with Crippen LogP contribution >= 0.6 is 0 Å². The standard InChI is InChI=1S/C14H16N2O4/c1-19-10-4-3-5-11(20-2)13(10)14-15-7-9-16(14)8-6-12(17)18/h3-5,7,9H,6,8H2,1-2H3,(H,17,18). The number of rotatable bonds is 6. The molecule has 20 heavy (non-hydrogen) atoms. The number of carbonyl (C=O) groups is 1. The smallest absolute Gasteiger partial charge is 0.305 e. The molecule has 0 aliphatic heterocycles. The molecule has 0 fully saturated rings. The van der Waals surface area contributed by atoms with E-state index in [0.717, 1.165) is 0 Å². The minimum Gasteiger partial charge on any atom is -0.496 e. The van der Waals surface area contributed by atoms with E-state index in [1.165, 1.54) is 0 Å². The Morgan fingerprint density at radius 2 is 1.95 bits per heavy atom. The van der Waals surface area contributed by atoms with E-state index in [0.29, 0.717) is 29.4 Å². The fourth-order valence-electron chi connectivity index (χ4n) is 2.01. The highest BCUT2D eigenvalue weighted by atomic mass is 16.5. The number of methoxy groups -OCH3 is 2. The molecule has 6 heteroatoms. The average molecular weight is 276 g/mol. The third kappa shape index (κ3) is 2.74. The van der Waals surface area contributed by atoms with Gasteiger partial charge >= 0.3 is 5.97 Å². The van der Waals surface area contributed by atoms with E-state index in [-0.39, 0.29) is 6.42 Å². The Morgan fingerprint density at radius 3 is 2.50 bits per heavy atom. The van der Waals surface area contributed by atoms with Crippen LogP contribution in [0.3, 0.4) is 0 Å². The van der Waals surface area contributed by atoms with Crippen molar-refractivity contribution in [2.45, 2.75) is 13.0 Å². The van der Waals surface area contributed by atoms with Crippen LogP contribution < -0.4 is 9.47 Å². The first-order chi connectivity index (χ1) is 9.67. The fraction of sp³-hybridized carbons (Fsp3) is 0.286. The molecule has 6 nitrogen and oxygen atoms in total. The maximum Gasteiger partial charge on any atom is 0.305 e. The zero-order valence-corrected chi connectivity index (χ0v) is 11.4. The molecule has 0 bridgehead atoms. The SMILES string of the molecule is COc1cccc(OC)c1-c1nccn1CCC(=O)O. The molecule has 1 aromatic carbocycles. The lowest BCUT2D eigenvalue weighted by Gasteiger charge is -2.14. The highest BCUT2D eigenvalue weighted by Crippen LogP contribution is 2.37. The Labute approximate surface area is 116 Å². The van der Waals surface area contributed by atoms with Crippen LogP contribution in [-0.4, -0.2) is 34.8 Å². The maximum absolute atomic E-state index is 10.7. The minimum absolute atomic E-state index is 0.0286. The van der Waals surface area contributed by atoms with Gasteiger partial charge in [-0.15, -0.1) is 0 Å². The third-order valence-corrected chi connectivity index (χ3v) is 2.93. The predicted molar refractivity (Wildman–Crippen MR) is 73.0 cm³/mol. The Morgan fingerprint density at radius 1 is 1.30 bits per heavy atom. The molecule has 1 heterocycles. The minimum atomic E-state index is -0.850. The van der Waals surface area contributed by atoms with E-state index >= 15 is 0 Å². The summed E-state index contributed by atoms with van der Waals surface area (Å²) in [6.07, 6.45) is 3.40. The molecule has 0 aliphatic carbocycles. The molecule has 2 aromatic rings. The summed E-state index contributed by atoms with van der Waals surface area (Å²) in [7, 11) is 3.14. The van der Waals surface area contributed by atoms with Crippen LogP contribution in [0.5, 0.6) is 11.5 Å². The Kier molecular flexibility index (Phi) is 4.24. The number of carboxylic acids is 1. The molecule has 2 rings (SSSR count). The highest BCUT2D eigenvalue weighted by molar-refractivity contribution is 5.72. The Hall–Kier alpha value is -2.50. The van der Waals surface area contributed by atoms with Crippen LogP contribution in [0.15, 0.2) is 30.6 Å². The van der Waals surface area contributed by atoms with Gasteiger partial charge in [-0.3, -0.25) is 4.79 Å². The van der Waals surface area contributed by atoms with Gasteiger partial charge in [0.1, 0.15) is 22.9 Å². The first-order valence-corrected chi connectivity index (χ1v) is 6.11. The number of hydrogen-bond acceptors (Lipinski definition) is 4. The van der Waals surface area contributed by atoms with E-state index in [1.807, 2.05) is 18.2 Å². The van der Waals surface area contributed by atoms with Crippen molar-refractivity contribution in [3.63, 3.8) is 0 Å². The fourth-order valence-corrected chi connectivity index (χ4v) is 2.01. The number of benzene rings is 1. The molecule has 0 atom stereocenters. The van der Waals surface area contributed by atoms with Crippen molar-refractivity contribution in [2.24, 2.45) is 0 Å². The summed E-state index contributed by atoms with van der Waals surface area (Å²) in [5.41, 5.74) is 0.716. The Bertz CT molecular complexity index is 585. The first kappa shape index (κ1) is 13.9. The first-order valence-electron chi connectivity index (χ1n) is 6.11. The average Bonchev–Trinajstić information content (AvgIpc) is 2.92. The van der Waals surface area contributed by atoms with Gasteiger partial charge in [0.25, 0.3) is 0 Å². The van der Waals surface area contributed by atoms with Crippen LogP contribution in [0.1, 0.15) is 6.42 Å². The van der Waals surface area contributed by atoms with Gasteiger partial charge in [-0.05, 0) is 12.1 Å². The largest absolute Gasteiger partial charge is 0.496 e. The second kappa shape index (κ2) is 6.10. The van der Waals surface area contributed by atoms with Gasteiger partial charge in [0, 0.05) is 18.9 Å². The molecule has 0 amide bonds. The molecule has 0 spiro atoms. The summed E-state index contributed by atoms with van der Waals surface area (Å²) >= 11 is 0. The molecule has 0 unspecified atom stereocenters. The summed E-state index contributed by atoms with van der Waals surface area (Å²) in [6, 6.07) is 5.45. The topological polar surface area (TPSA) is 73.6 Å². The summed E-state index contributed by atoms with van der Waals surface area (Å²) in [6.45, 7) is 0.339. The lowest BCUT2D eigenvalue weighted by atomic mass is 10.1. The van der Waals surface area contributed by atoms with E-state index in [1.54, 1.807) is 31.2 Å². The quantitative estimate of drug-likeness (QED) is 0.874. The number of hydrogen-bond donors (Lipinski definition) is 1. The zero-order valence-electron chi connectivity index (χ0n) is 11.4. The molecule has 106 valence electrons. The van der Waals surface area contributed by atoms with Crippen LogP contribution in [0.4, 0.5) is 0 Å². The van der Waals surface area contributed by atoms with Crippen molar-refractivity contribution in [3.8, 4) is 22.9 Å². The molecule has 1 aromatic heterocycles. The van der Waals surface area contributed by atoms with Gasteiger partial charge in [-0.2, -0.15) is 0 Å². The van der Waals surface area contributed by atoms with Gasteiger partial charge in [-0.1, -0.05) is 6.07 Å². The number of ether oxygens (including phenoxy) is 2. The van der Waals surface area contributed by atoms with Crippen LogP contribution in [0.2, 0.25) is 0 Å². The normalized spacial score (nSPS) is 10.3. The van der Waals surface area contributed by atoms with Crippen molar-refractivity contribution in [3.05, 3.63) is 30.6 Å². The van der Waals surface area contributed by atoms with Crippen LogP contribution in [0.25, 0.3) is 11.4 Å². The van der Waals surface area contributed by atoms with Gasteiger partial charge in [0.2, 0.25) is 0 Å². The highest BCUT2D eigenvalue weighted by Gasteiger charge is 2.17. The molecule has 1 N–H and O–H groups in total. The lowest BCUT2D eigenvalue weighted by molar-refractivity contribution is -0.137. The maximum atomic E-state index is 10.7. The monoisotopic (exact) mass is 276 g/mol. The van der Waals surface area contributed by atoms with Crippen molar-refractivity contribution in [1.82, 2.24) is 9.55 Å². The Balaban J connectivity index is 2.46. The lowest BCUT2D eigenvalue weighted by Crippen LogP contribution is -2.06. The van der Waals surface area contributed by atoms with Gasteiger partial charge < -0.3 is 19.1 Å². The van der Waals surface area contributed by atoms with E-state index in [9.17, 15) is 4.79 Å². The number of aryl methyl sites for hydroxylation is 1. The van der Waals surface area contributed by atoms with E-state index in [4.69, 9.17) is 14.6 Å². The number of carboxylic acid groups (broad SMARTS) is 1. The number of aromatic nitrogens is 2. The van der Waals surface area contributed by atoms with Crippen LogP contribution in [0, 0.1) is 0 Å². The van der Waals surface area contributed by atoms with Crippen molar-refractivity contribution < 1.29 is 19.4 Å². The predicted octanol–water partition coefficient (Wildman–Crippen LogP) is 2.04. The second-order valence-electron chi connectivity index (χ2n) is 4.13. The number of imidazole rings is 1. The van der Waals surface area contributed by atoms with Gasteiger partial charge in [0.05, 0.1) is 20.6 Å². The third-order valence-electron chi connectivity index (χ3n) is 2.93. The van der Waals surface area contributed by atoms with E-state index < -0.39 is 5.97 Å². The van der Waals surface area contributed by atoms with Crippen molar-refractivity contribution >= 4 is 5.97 Å². The van der Waals surface area contributed by atoms with E-state index in [2.05, 4.69) is 4.98 Å². The summed E-state index contributed by atoms with van der Waals surface area (Å²) in [5, 5.41) is 8.79. The number of nitrogens with zero attached hydrogens (tertiary/aromatic N) is 2. The molecular weight excluding hydrogens is 260 g/mol.